The van der Waals surface area contributed by atoms with Crippen molar-refractivity contribution in [2.75, 3.05) is 33.4 Å². The Hall–Kier alpha value is -0.810. The Morgan fingerprint density at radius 2 is 2.25 bits per heavy atom. The van der Waals surface area contributed by atoms with Gasteiger partial charge in [-0.3, -0.25) is 5.43 Å². The summed E-state index contributed by atoms with van der Waals surface area (Å²) in [6, 6.07) is 0. The maximum Gasteiger partial charge on any atom is 0.208 e. The van der Waals surface area contributed by atoms with Crippen molar-refractivity contribution in [2.24, 2.45) is 22.7 Å². The molecule has 0 radical (unpaired) electrons. The summed E-state index contributed by atoms with van der Waals surface area (Å²) in [4.78, 5) is 6.62. The molecule has 16 heavy (non-hydrogen) atoms. The van der Waals surface area contributed by atoms with Crippen molar-refractivity contribution in [1.82, 2.24) is 10.3 Å². The molecule has 1 saturated heterocycles. The highest BCUT2D eigenvalue weighted by atomic mass is 16.5. The SMILES string of the molecule is COCCN=C(NN)N1CCC(C)C(C)C1. The highest BCUT2D eigenvalue weighted by molar-refractivity contribution is 5.79. The van der Waals surface area contributed by atoms with Crippen LogP contribution in [-0.2, 0) is 4.74 Å². The Morgan fingerprint density at radius 1 is 1.50 bits per heavy atom. The first-order valence-electron chi connectivity index (χ1n) is 5.94. The Morgan fingerprint density at radius 3 is 2.81 bits per heavy atom. The molecule has 0 aromatic rings. The molecule has 0 bridgehead atoms. The van der Waals surface area contributed by atoms with E-state index in [1.807, 2.05) is 0 Å². The number of hydrogen-bond donors (Lipinski definition) is 2. The molecule has 1 heterocycles. The molecule has 1 aliphatic heterocycles. The lowest BCUT2D eigenvalue weighted by Gasteiger charge is -2.36. The standard InChI is InChI=1S/C11H24N4O/c1-9-4-6-15(8-10(9)2)11(14-12)13-5-7-16-3/h9-10H,4-8,12H2,1-3H3,(H,13,14). The quantitative estimate of drug-likeness (QED) is 0.242. The predicted octanol–water partition coefficient (Wildman–Crippen LogP) is 0.430. The molecule has 0 spiro atoms. The molecule has 5 nitrogen and oxygen atoms in total. The zero-order valence-electron chi connectivity index (χ0n) is 10.6. The number of hydrogen-bond acceptors (Lipinski definition) is 3. The number of methoxy groups -OCH3 is 1. The van der Waals surface area contributed by atoms with Crippen LogP contribution in [0.2, 0.25) is 0 Å². The molecule has 1 fully saturated rings. The van der Waals surface area contributed by atoms with Crippen molar-refractivity contribution in [3.8, 4) is 0 Å². The summed E-state index contributed by atoms with van der Waals surface area (Å²) in [7, 11) is 1.68. The average molecular weight is 228 g/mol. The van der Waals surface area contributed by atoms with Crippen LogP contribution in [-0.4, -0.2) is 44.2 Å². The van der Waals surface area contributed by atoms with E-state index in [0.717, 1.165) is 25.0 Å². The van der Waals surface area contributed by atoms with Gasteiger partial charge in [-0.05, 0) is 18.3 Å². The highest BCUT2D eigenvalue weighted by Gasteiger charge is 2.24. The second kappa shape index (κ2) is 6.70. The summed E-state index contributed by atoms with van der Waals surface area (Å²) in [5, 5.41) is 0. The molecular weight excluding hydrogens is 204 g/mol. The van der Waals surface area contributed by atoms with Gasteiger partial charge in [0.05, 0.1) is 13.2 Å². The number of nitrogens with zero attached hydrogens (tertiary/aromatic N) is 2. The van der Waals surface area contributed by atoms with Gasteiger partial charge in [-0.15, -0.1) is 0 Å². The molecule has 1 rings (SSSR count). The zero-order valence-corrected chi connectivity index (χ0v) is 10.6. The van der Waals surface area contributed by atoms with Crippen LogP contribution in [0, 0.1) is 11.8 Å². The van der Waals surface area contributed by atoms with Gasteiger partial charge >= 0.3 is 0 Å². The zero-order chi connectivity index (χ0) is 12.0. The monoisotopic (exact) mass is 228 g/mol. The molecule has 0 saturated carbocycles. The first-order valence-corrected chi connectivity index (χ1v) is 5.94. The molecular formula is C11H24N4O. The highest BCUT2D eigenvalue weighted by Crippen LogP contribution is 2.22. The van der Waals surface area contributed by atoms with Crippen LogP contribution in [0.1, 0.15) is 20.3 Å². The Balaban J connectivity index is 2.49. The number of piperidine rings is 1. The number of nitrogens with two attached hydrogens (primary N) is 1. The van der Waals surface area contributed by atoms with Gasteiger partial charge in [-0.1, -0.05) is 13.8 Å². The largest absolute Gasteiger partial charge is 0.383 e. The third kappa shape index (κ3) is 3.64. The van der Waals surface area contributed by atoms with Gasteiger partial charge in [0.1, 0.15) is 0 Å². The Labute approximate surface area is 98.0 Å². The summed E-state index contributed by atoms with van der Waals surface area (Å²) in [5.74, 6) is 7.77. The average Bonchev–Trinajstić information content (AvgIpc) is 2.29. The topological polar surface area (TPSA) is 62.9 Å². The van der Waals surface area contributed by atoms with Crippen molar-refractivity contribution in [3.63, 3.8) is 0 Å². The van der Waals surface area contributed by atoms with E-state index in [9.17, 15) is 0 Å². The minimum atomic E-state index is 0.630. The van der Waals surface area contributed by atoms with Crippen molar-refractivity contribution in [2.45, 2.75) is 20.3 Å². The summed E-state index contributed by atoms with van der Waals surface area (Å²) in [6.07, 6.45) is 1.20. The number of likely N-dealkylation sites (tertiary alicyclic amines) is 1. The van der Waals surface area contributed by atoms with Gasteiger partial charge in [0.2, 0.25) is 5.96 Å². The number of hydrazine groups is 1. The Bertz CT molecular complexity index is 232. The van der Waals surface area contributed by atoms with Gasteiger partial charge in [-0.25, -0.2) is 10.8 Å². The summed E-state index contributed by atoms with van der Waals surface area (Å²) >= 11 is 0. The fraction of sp³-hybridized carbons (Fsp3) is 0.909. The van der Waals surface area contributed by atoms with Crippen LogP contribution in [0.15, 0.2) is 4.99 Å². The molecule has 94 valence electrons. The molecule has 1 aliphatic rings. The van der Waals surface area contributed by atoms with Crippen molar-refractivity contribution >= 4 is 5.96 Å². The molecule has 0 aromatic heterocycles. The van der Waals surface area contributed by atoms with Gasteiger partial charge in [0.15, 0.2) is 0 Å². The molecule has 0 aromatic carbocycles. The van der Waals surface area contributed by atoms with E-state index in [0.29, 0.717) is 19.1 Å². The molecule has 2 unspecified atom stereocenters. The summed E-state index contributed by atoms with van der Waals surface area (Å²) < 4.78 is 4.97. The molecule has 5 heteroatoms. The van der Waals surface area contributed by atoms with Gasteiger partial charge in [-0.2, -0.15) is 0 Å². The van der Waals surface area contributed by atoms with E-state index in [4.69, 9.17) is 10.6 Å². The molecule has 2 atom stereocenters. The third-order valence-electron chi connectivity index (χ3n) is 3.32. The molecule has 0 aliphatic carbocycles. The number of rotatable bonds is 3. The normalized spacial score (nSPS) is 27.0. The lowest BCUT2D eigenvalue weighted by molar-refractivity contribution is 0.195. The third-order valence-corrected chi connectivity index (χ3v) is 3.32. The first-order chi connectivity index (χ1) is 7.69. The molecule has 0 amide bonds. The van der Waals surface area contributed by atoms with Crippen LogP contribution in [0.4, 0.5) is 0 Å². The molecule has 3 N–H and O–H groups in total. The van der Waals surface area contributed by atoms with Gasteiger partial charge in [0.25, 0.3) is 0 Å². The first kappa shape index (κ1) is 13.3. The minimum absolute atomic E-state index is 0.630. The van der Waals surface area contributed by atoms with Gasteiger partial charge < -0.3 is 9.64 Å². The maximum atomic E-state index is 5.50. The second-order valence-electron chi connectivity index (χ2n) is 4.53. The number of ether oxygens (including phenoxy) is 1. The van der Waals surface area contributed by atoms with Crippen LogP contribution < -0.4 is 11.3 Å². The van der Waals surface area contributed by atoms with Gasteiger partial charge in [0, 0.05) is 20.2 Å². The second-order valence-corrected chi connectivity index (χ2v) is 4.53. The van der Waals surface area contributed by atoms with E-state index in [-0.39, 0.29) is 0 Å². The van der Waals surface area contributed by atoms with Crippen molar-refractivity contribution in [1.29, 1.82) is 0 Å². The summed E-state index contributed by atoms with van der Waals surface area (Å²) in [6.45, 7) is 7.92. The van der Waals surface area contributed by atoms with E-state index < -0.39 is 0 Å². The minimum Gasteiger partial charge on any atom is -0.383 e. The van der Waals surface area contributed by atoms with Crippen molar-refractivity contribution < 1.29 is 4.74 Å². The number of aliphatic imine (C=N–C) groups is 1. The van der Waals surface area contributed by atoms with Crippen LogP contribution in [0.25, 0.3) is 0 Å². The number of guanidine groups is 1. The van der Waals surface area contributed by atoms with E-state index in [2.05, 4.69) is 29.2 Å². The van der Waals surface area contributed by atoms with Crippen LogP contribution in [0.3, 0.4) is 0 Å². The van der Waals surface area contributed by atoms with Crippen LogP contribution in [0.5, 0.6) is 0 Å². The smallest absolute Gasteiger partial charge is 0.208 e. The fourth-order valence-electron chi connectivity index (χ4n) is 1.93. The van der Waals surface area contributed by atoms with Crippen molar-refractivity contribution in [3.05, 3.63) is 0 Å². The van der Waals surface area contributed by atoms with E-state index >= 15 is 0 Å². The maximum absolute atomic E-state index is 5.50. The van der Waals surface area contributed by atoms with Crippen LogP contribution >= 0.6 is 0 Å². The predicted molar refractivity (Wildman–Crippen MR) is 66.0 cm³/mol. The fourth-order valence-corrected chi connectivity index (χ4v) is 1.93. The number of nitrogens with one attached hydrogen (secondary N) is 1. The lowest BCUT2D eigenvalue weighted by Crippen LogP contribution is -2.50. The Kier molecular flexibility index (Phi) is 5.55. The van der Waals surface area contributed by atoms with E-state index in [1.54, 1.807) is 7.11 Å². The lowest BCUT2D eigenvalue weighted by atomic mass is 9.89. The van der Waals surface area contributed by atoms with E-state index in [1.165, 1.54) is 6.42 Å². The summed E-state index contributed by atoms with van der Waals surface area (Å²) in [5.41, 5.74) is 2.69.